The molecule has 0 aromatic carbocycles. The van der Waals surface area contributed by atoms with Crippen molar-refractivity contribution in [1.82, 2.24) is 10.3 Å². The lowest BCUT2D eigenvalue weighted by atomic mass is 9.90. The van der Waals surface area contributed by atoms with Gasteiger partial charge in [0, 0.05) is 24.5 Å². The van der Waals surface area contributed by atoms with Gasteiger partial charge in [0.15, 0.2) is 0 Å². The second kappa shape index (κ2) is 6.72. The minimum Gasteiger partial charge on any atom is -0.381 e. The van der Waals surface area contributed by atoms with Crippen molar-refractivity contribution >= 4 is 0 Å². The quantitative estimate of drug-likeness (QED) is 0.846. The van der Waals surface area contributed by atoms with E-state index in [1.807, 2.05) is 12.3 Å². The van der Waals surface area contributed by atoms with E-state index in [1.54, 1.807) is 0 Å². The van der Waals surface area contributed by atoms with Crippen LogP contribution in [0.2, 0.25) is 0 Å². The van der Waals surface area contributed by atoms with Crippen molar-refractivity contribution in [1.29, 1.82) is 0 Å². The number of ether oxygens (including phenoxy) is 1. The molecule has 2 unspecified atom stereocenters. The monoisotopic (exact) mass is 234 g/mol. The topological polar surface area (TPSA) is 34.2 Å². The summed E-state index contributed by atoms with van der Waals surface area (Å²) in [5, 5.41) is 3.43. The average Bonchev–Trinajstić information content (AvgIpc) is 2.42. The summed E-state index contributed by atoms with van der Waals surface area (Å²) in [6.45, 7) is 1.85. The summed E-state index contributed by atoms with van der Waals surface area (Å²) in [6.07, 6.45) is 6.54. The third-order valence-electron chi connectivity index (χ3n) is 3.57. The number of pyridine rings is 1. The van der Waals surface area contributed by atoms with Crippen LogP contribution in [0.4, 0.5) is 0 Å². The van der Waals surface area contributed by atoms with Crippen LogP contribution >= 0.6 is 0 Å². The number of nitrogens with zero attached hydrogens (tertiary/aromatic N) is 1. The van der Waals surface area contributed by atoms with Crippen LogP contribution in [-0.2, 0) is 11.2 Å². The predicted molar refractivity (Wildman–Crippen MR) is 68.9 cm³/mol. The Hall–Kier alpha value is -0.930. The fourth-order valence-corrected chi connectivity index (χ4v) is 2.55. The van der Waals surface area contributed by atoms with Gasteiger partial charge in [0.25, 0.3) is 0 Å². The van der Waals surface area contributed by atoms with Gasteiger partial charge in [-0.25, -0.2) is 0 Å². The number of hydrogen-bond acceptors (Lipinski definition) is 3. The molecule has 0 bridgehead atoms. The van der Waals surface area contributed by atoms with Crippen LogP contribution in [0.3, 0.4) is 0 Å². The van der Waals surface area contributed by atoms with Gasteiger partial charge in [0.05, 0.1) is 6.61 Å². The first kappa shape index (κ1) is 12.5. The van der Waals surface area contributed by atoms with Crippen LogP contribution < -0.4 is 5.32 Å². The second-order valence-corrected chi connectivity index (χ2v) is 4.73. The molecular formula is C14H22N2O. The molecule has 1 aromatic heterocycles. The van der Waals surface area contributed by atoms with Gasteiger partial charge in [-0.15, -0.1) is 0 Å². The standard InChI is InChI=1S/C14H22N2O/c1-15-14(12-5-4-10-17-11-12)8-7-13-6-2-3-9-16-13/h2-3,6,9,12,14-15H,4-5,7-8,10-11H2,1H3. The van der Waals surface area contributed by atoms with E-state index >= 15 is 0 Å². The van der Waals surface area contributed by atoms with E-state index in [0.717, 1.165) is 26.1 Å². The minimum absolute atomic E-state index is 0.553. The Morgan fingerprint density at radius 3 is 3.12 bits per heavy atom. The molecule has 94 valence electrons. The molecule has 1 saturated heterocycles. The smallest absolute Gasteiger partial charge is 0.0509 e. The zero-order valence-corrected chi connectivity index (χ0v) is 10.6. The largest absolute Gasteiger partial charge is 0.381 e. The first-order chi connectivity index (χ1) is 8.40. The maximum atomic E-state index is 5.56. The van der Waals surface area contributed by atoms with Gasteiger partial charge in [-0.05, 0) is 50.8 Å². The highest BCUT2D eigenvalue weighted by Crippen LogP contribution is 2.20. The molecular weight excluding hydrogens is 212 g/mol. The SMILES string of the molecule is CNC(CCc1ccccn1)C1CCCOC1. The molecule has 1 N–H and O–H groups in total. The normalized spacial score (nSPS) is 22.3. The maximum Gasteiger partial charge on any atom is 0.0509 e. The summed E-state index contributed by atoms with van der Waals surface area (Å²) < 4.78 is 5.56. The van der Waals surface area contributed by atoms with Crippen molar-refractivity contribution in [2.45, 2.75) is 31.7 Å². The van der Waals surface area contributed by atoms with Gasteiger partial charge in [-0.2, -0.15) is 0 Å². The van der Waals surface area contributed by atoms with E-state index in [2.05, 4.69) is 29.5 Å². The highest BCUT2D eigenvalue weighted by molar-refractivity contribution is 5.03. The van der Waals surface area contributed by atoms with Crippen molar-refractivity contribution in [2.24, 2.45) is 5.92 Å². The number of rotatable bonds is 5. The predicted octanol–water partition coefficient (Wildman–Crippen LogP) is 2.03. The molecule has 3 nitrogen and oxygen atoms in total. The lowest BCUT2D eigenvalue weighted by Gasteiger charge is -2.30. The zero-order chi connectivity index (χ0) is 11.9. The molecule has 1 aliphatic rings. The maximum absolute atomic E-state index is 5.56. The Labute approximate surface area is 104 Å². The number of nitrogens with one attached hydrogen (secondary N) is 1. The first-order valence-electron chi connectivity index (χ1n) is 6.55. The third-order valence-corrected chi connectivity index (χ3v) is 3.57. The molecule has 1 aromatic rings. The highest BCUT2D eigenvalue weighted by Gasteiger charge is 2.22. The van der Waals surface area contributed by atoms with Crippen molar-refractivity contribution in [3.63, 3.8) is 0 Å². The summed E-state index contributed by atoms with van der Waals surface area (Å²) in [5.74, 6) is 0.664. The molecule has 0 saturated carbocycles. The van der Waals surface area contributed by atoms with Crippen molar-refractivity contribution in [2.75, 3.05) is 20.3 Å². The van der Waals surface area contributed by atoms with E-state index in [-0.39, 0.29) is 0 Å². The van der Waals surface area contributed by atoms with E-state index in [0.29, 0.717) is 12.0 Å². The molecule has 0 spiro atoms. The third kappa shape index (κ3) is 3.79. The van der Waals surface area contributed by atoms with Gasteiger partial charge in [0.2, 0.25) is 0 Å². The van der Waals surface area contributed by atoms with E-state index in [4.69, 9.17) is 4.74 Å². The Morgan fingerprint density at radius 1 is 1.53 bits per heavy atom. The van der Waals surface area contributed by atoms with Crippen LogP contribution in [0.5, 0.6) is 0 Å². The molecule has 3 heteroatoms. The van der Waals surface area contributed by atoms with Gasteiger partial charge >= 0.3 is 0 Å². The van der Waals surface area contributed by atoms with Crippen LogP contribution in [-0.4, -0.2) is 31.3 Å². The molecule has 2 atom stereocenters. The van der Waals surface area contributed by atoms with Crippen LogP contribution in [0.1, 0.15) is 25.0 Å². The van der Waals surface area contributed by atoms with Gasteiger partial charge in [-0.1, -0.05) is 6.07 Å². The lowest BCUT2D eigenvalue weighted by molar-refractivity contribution is 0.0391. The van der Waals surface area contributed by atoms with Gasteiger partial charge in [0.1, 0.15) is 0 Å². The molecule has 0 radical (unpaired) electrons. The molecule has 1 aliphatic heterocycles. The Morgan fingerprint density at radius 2 is 2.47 bits per heavy atom. The Balaban J connectivity index is 1.82. The van der Waals surface area contributed by atoms with E-state index < -0.39 is 0 Å². The van der Waals surface area contributed by atoms with Gasteiger partial charge < -0.3 is 10.1 Å². The fraction of sp³-hybridized carbons (Fsp3) is 0.643. The average molecular weight is 234 g/mol. The molecule has 17 heavy (non-hydrogen) atoms. The summed E-state index contributed by atoms with van der Waals surface area (Å²) in [7, 11) is 2.05. The molecule has 1 fully saturated rings. The number of hydrogen-bond donors (Lipinski definition) is 1. The molecule has 0 aliphatic carbocycles. The summed E-state index contributed by atoms with van der Waals surface area (Å²) in [6, 6.07) is 6.68. The summed E-state index contributed by atoms with van der Waals surface area (Å²) >= 11 is 0. The molecule has 0 amide bonds. The first-order valence-corrected chi connectivity index (χ1v) is 6.55. The van der Waals surface area contributed by atoms with Crippen LogP contribution in [0, 0.1) is 5.92 Å². The van der Waals surface area contributed by atoms with E-state index in [1.165, 1.54) is 18.5 Å². The summed E-state index contributed by atoms with van der Waals surface area (Å²) in [4.78, 5) is 4.37. The number of aryl methyl sites for hydroxylation is 1. The Bertz CT molecular complexity index is 309. The van der Waals surface area contributed by atoms with Crippen molar-refractivity contribution < 1.29 is 4.74 Å². The lowest BCUT2D eigenvalue weighted by Crippen LogP contribution is -2.38. The van der Waals surface area contributed by atoms with Crippen molar-refractivity contribution in [3.05, 3.63) is 30.1 Å². The zero-order valence-electron chi connectivity index (χ0n) is 10.6. The molecule has 2 rings (SSSR count). The Kier molecular flexibility index (Phi) is 4.95. The minimum atomic E-state index is 0.553. The van der Waals surface area contributed by atoms with Crippen LogP contribution in [0.15, 0.2) is 24.4 Å². The molecule has 2 heterocycles. The van der Waals surface area contributed by atoms with Gasteiger partial charge in [-0.3, -0.25) is 4.98 Å². The highest BCUT2D eigenvalue weighted by atomic mass is 16.5. The van der Waals surface area contributed by atoms with E-state index in [9.17, 15) is 0 Å². The van der Waals surface area contributed by atoms with Crippen LogP contribution in [0.25, 0.3) is 0 Å². The number of aromatic nitrogens is 1. The summed E-state index contributed by atoms with van der Waals surface area (Å²) in [5.41, 5.74) is 1.18. The van der Waals surface area contributed by atoms with Crippen molar-refractivity contribution in [3.8, 4) is 0 Å². The second-order valence-electron chi connectivity index (χ2n) is 4.73. The fourth-order valence-electron chi connectivity index (χ4n) is 2.55.